The van der Waals surface area contributed by atoms with Gasteiger partial charge in [-0.1, -0.05) is 58.9 Å². The number of sulfone groups is 1. The highest BCUT2D eigenvalue weighted by Gasteiger charge is 2.37. The zero-order chi connectivity index (χ0) is 15.9. The van der Waals surface area contributed by atoms with E-state index in [0.717, 1.165) is 16.7 Å². The highest BCUT2D eigenvalue weighted by atomic mass is 32.2. The number of rotatable bonds is 3. The molecule has 0 N–H and O–H groups in total. The molecule has 0 aliphatic carbocycles. The van der Waals surface area contributed by atoms with E-state index in [4.69, 9.17) is 0 Å². The fourth-order valence-corrected chi connectivity index (χ4v) is 3.08. The molecule has 20 heavy (non-hydrogen) atoms. The van der Waals surface area contributed by atoms with Gasteiger partial charge in [-0.15, -0.1) is 0 Å². The second-order valence-electron chi connectivity index (χ2n) is 7.14. The number of benzene rings is 1. The lowest BCUT2D eigenvalue weighted by Gasteiger charge is -2.40. The summed E-state index contributed by atoms with van der Waals surface area (Å²) >= 11 is 0. The van der Waals surface area contributed by atoms with E-state index in [2.05, 4.69) is 41.2 Å². The van der Waals surface area contributed by atoms with Gasteiger partial charge in [-0.3, -0.25) is 0 Å². The summed E-state index contributed by atoms with van der Waals surface area (Å²) in [4.78, 5) is 0.415. The molecule has 1 rings (SSSR count). The van der Waals surface area contributed by atoms with Gasteiger partial charge in [0, 0.05) is 6.26 Å². The molecule has 0 fully saturated rings. The van der Waals surface area contributed by atoms with E-state index >= 15 is 0 Å². The van der Waals surface area contributed by atoms with Crippen LogP contribution in [0, 0.1) is 5.41 Å². The molecule has 0 radical (unpaired) electrons. The normalized spacial score (nSPS) is 13.3. The molecule has 0 aliphatic rings. The van der Waals surface area contributed by atoms with Crippen molar-refractivity contribution in [3.63, 3.8) is 0 Å². The van der Waals surface area contributed by atoms with Crippen molar-refractivity contribution >= 4 is 15.4 Å². The Morgan fingerprint density at radius 2 is 1.60 bits per heavy atom. The maximum atomic E-state index is 12.2. The summed E-state index contributed by atoms with van der Waals surface area (Å²) in [6.45, 7) is 16.4. The lowest BCUT2D eigenvalue weighted by molar-refractivity contribution is 0.222. The standard InChI is InChI=1S/C17H26O2S/c1-12(2)13-9-10-14(15(11-13)20(8,18)19)17(6,7)16(3,4)5/h9-11H,1H2,2-8H3. The first-order valence-electron chi connectivity index (χ1n) is 6.79. The molecule has 0 aromatic heterocycles. The van der Waals surface area contributed by atoms with Crippen molar-refractivity contribution < 1.29 is 8.42 Å². The quantitative estimate of drug-likeness (QED) is 0.825. The summed E-state index contributed by atoms with van der Waals surface area (Å²) in [6, 6.07) is 5.64. The van der Waals surface area contributed by atoms with Crippen molar-refractivity contribution in [3.05, 3.63) is 35.9 Å². The van der Waals surface area contributed by atoms with Crippen LogP contribution in [-0.4, -0.2) is 14.7 Å². The number of hydrogen-bond donors (Lipinski definition) is 0. The van der Waals surface area contributed by atoms with Crippen LogP contribution in [0.15, 0.2) is 29.7 Å². The van der Waals surface area contributed by atoms with Crippen molar-refractivity contribution in [2.75, 3.05) is 6.26 Å². The summed E-state index contributed by atoms with van der Waals surface area (Å²) in [5.74, 6) is 0. The van der Waals surface area contributed by atoms with E-state index in [-0.39, 0.29) is 10.8 Å². The van der Waals surface area contributed by atoms with Gasteiger partial charge in [0.05, 0.1) is 4.90 Å². The SMILES string of the molecule is C=C(C)c1ccc(C(C)(C)C(C)(C)C)c(S(C)(=O)=O)c1. The van der Waals surface area contributed by atoms with Crippen LogP contribution in [0.3, 0.4) is 0 Å². The van der Waals surface area contributed by atoms with Crippen LogP contribution in [0.25, 0.3) is 5.57 Å². The van der Waals surface area contributed by atoms with E-state index in [0.29, 0.717) is 4.90 Å². The van der Waals surface area contributed by atoms with Crippen LogP contribution in [0.5, 0.6) is 0 Å². The predicted octanol–water partition coefficient (Wildman–Crippen LogP) is 4.45. The van der Waals surface area contributed by atoms with Gasteiger partial charge in [-0.25, -0.2) is 8.42 Å². The average Bonchev–Trinajstić information content (AvgIpc) is 2.25. The van der Waals surface area contributed by atoms with Gasteiger partial charge in [0.25, 0.3) is 0 Å². The molecule has 0 bridgehead atoms. The molecular weight excluding hydrogens is 268 g/mol. The largest absolute Gasteiger partial charge is 0.224 e. The Labute approximate surface area is 123 Å². The topological polar surface area (TPSA) is 34.1 Å². The first kappa shape index (κ1) is 17.0. The Hall–Kier alpha value is -1.09. The highest BCUT2D eigenvalue weighted by Crippen LogP contribution is 2.43. The van der Waals surface area contributed by atoms with E-state index in [9.17, 15) is 8.42 Å². The van der Waals surface area contributed by atoms with Crippen LogP contribution >= 0.6 is 0 Å². The Morgan fingerprint density at radius 1 is 1.10 bits per heavy atom. The van der Waals surface area contributed by atoms with Gasteiger partial charge >= 0.3 is 0 Å². The number of hydrogen-bond acceptors (Lipinski definition) is 2. The maximum absolute atomic E-state index is 12.2. The third-order valence-electron chi connectivity index (χ3n) is 4.42. The van der Waals surface area contributed by atoms with Crippen LogP contribution in [0.2, 0.25) is 0 Å². The number of allylic oxidation sites excluding steroid dienone is 1. The third kappa shape index (κ3) is 3.14. The Morgan fingerprint density at radius 3 is 1.95 bits per heavy atom. The van der Waals surface area contributed by atoms with Crippen LogP contribution in [-0.2, 0) is 15.3 Å². The van der Waals surface area contributed by atoms with Crippen LogP contribution in [0.4, 0.5) is 0 Å². The zero-order valence-electron chi connectivity index (χ0n) is 13.7. The monoisotopic (exact) mass is 294 g/mol. The van der Waals surface area contributed by atoms with E-state index in [1.165, 1.54) is 6.26 Å². The molecule has 0 unspecified atom stereocenters. The molecule has 3 heteroatoms. The summed E-state index contributed by atoms with van der Waals surface area (Å²) in [6.07, 6.45) is 1.27. The van der Waals surface area contributed by atoms with Gasteiger partial charge in [0.1, 0.15) is 0 Å². The first-order valence-corrected chi connectivity index (χ1v) is 8.68. The molecule has 0 atom stereocenters. The van der Waals surface area contributed by atoms with Crippen molar-refractivity contribution in [2.24, 2.45) is 5.41 Å². The van der Waals surface area contributed by atoms with Gasteiger partial charge in [0.2, 0.25) is 0 Å². The fraction of sp³-hybridized carbons (Fsp3) is 0.529. The molecule has 0 heterocycles. The molecule has 1 aromatic rings. The lowest BCUT2D eigenvalue weighted by atomic mass is 9.65. The lowest BCUT2D eigenvalue weighted by Crippen LogP contribution is -2.35. The molecule has 1 aromatic carbocycles. The van der Waals surface area contributed by atoms with Crippen molar-refractivity contribution in [2.45, 2.75) is 51.9 Å². The molecule has 0 saturated heterocycles. The Kier molecular flexibility index (Phi) is 4.27. The van der Waals surface area contributed by atoms with Crippen molar-refractivity contribution in [1.82, 2.24) is 0 Å². The molecule has 0 spiro atoms. The maximum Gasteiger partial charge on any atom is 0.175 e. The summed E-state index contributed by atoms with van der Waals surface area (Å²) in [7, 11) is -3.27. The highest BCUT2D eigenvalue weighted by molar-refractivity contribution is 7.90. The van der Waals surface area contributed by atoms with E-state index in [1.807, 2.05) is 19.1 Å². The second-order valence-corrected chi connectivity index (χ2v) is 9.12. The Bertz CT molecular complexity index is 629. The van der Waals surface area contributed by atoms with Crippen molar-refractivity contribution in [1.29, 1.82) is 0 Å². The minimum atomic E-state index is -3.27. The molecule has 0 amide bonds. The molecule has 2 nitrogen and oxygen atoms in total. The third-order valence-corrected chi connectivity index (χ3v) is 5.56. The van der Waals surface area contributed by atoms with E-state index in [1.54, 1.807) is 6.07 Å². The summed E-state index contributed by atoms with van der Waals surface area (Å²) < 4.78 is 24.3. The minimum absolute atomic E-state index is 0.0445. The molecule has 112 valence electrons. The van der Waals surface area contributed by atoms with Gasteiger partial charge in [0.15, 0.2) is 9.84 Å². The smallest absolute Gasteiger partial charge is 0.175 e. The van der Waals surface area contributed by atoms with Gasteiger partial charge in [-0.05, 0) is 34.9 Å². The first-order chi connectivity index (χ1) is 8.78. The van der Waals surface area contributed by atoms with Crippen LogP contribution in [0.1, 0.15) is 52.7 Å². The zero-order valence-corrected chi connectivity index (χ0v) is 14.5. The van der Waals surface area contributed by atoms with E-state index < -0.39 is 9.84 Å². The Balaban J connectivity index is 3.69. The van der Waals surface area contributed by atoms with Crippen LogP contribution < -0.4 is 0 Å². The molecule has 0 aliphatic heterocycles. The summed E-state index contributed by atoms with van der Waals surface area (Å²) in [5, 5.41) is 0. The minimum Gasteiger partial charge on any atom is -0.224 e. The van der Waals surface area contributed by atoms with Crippen molar-refractivity contribution in [3.8, 4) is 0 Å². The molecule has 0 saturated carbocycles. The van der Waals surface area contributed by atoms with Gasteiger partial charge in [-0.2, -0.15) is 0 Å². The summed E-state index contributed by atoms with van der Waals surface area (Å²) in [5.41, 5.74) is 2.32. The van der Waals surface area contributed by atoms with Gasteiger partial charge < -0.3 is 0 Å². The molecular formula is C17H26O2S. The fourth-order valence-electron chi connectivity index (χ4n) is 2.01. The second kappa shape index (κ2) is 5.03. The predicted molar refractivity (Wildman–Crippen MR) is 86.7 cm³/mol. The average molecular weight is 294 g/mol.